The van der Waals surface area contributed by atoms with Gasteiger partial charge in [-0.25, -0.2) is 0 Å². The highest BCUT2D eigenvalue weighted by Gasteiger charge is 2.55. The highest BCUT2D eigenvalue weighted by Crippen LogP contribution is 2.61. The second-order valence-electron chi connectivity index (χ2n) is 4.80. The van der Waals surface area contributed by atoms with E-state index in [2.05, 4.69) is 37.8 Å². The first-order valence-corrected chi connectivity index (χ1v) is 5.63. The molecule has 1 aliphatic heterocycles. The van der Waals surface area contributed by atoms with Crippen molar-refractivity contribution >= 4 is 0 Å². The Hall–Kier alpha value is -1.24. The van der Waals surface area contributed by atoms with E-state index in [1.54, 1.807) is 0 Å². The predicted molar refractivity (Wildman–Crippen MR) is 61.3 cm³/mol. The Morgan fingerprint density at radius 2 is 2.40 bits per heavy atom. The third kappa shape index (κ3) is 1.16. The minimum absolute atomic E-state index is 0.378. The van der Waals surface area contributed by atoms with E-state index in [9.17, 15) is 0 Å². The van der Waals surface area contributed by atoms with Gasteiger partial charge in [0.25, 0.3) is 0 Å². The molecule has 15 heavy (non-hydrogen) atoms. The minimum Gasteiger partial charge on any atom is -0.493 e. The number of allylic oxidation sites excluding steroid dienone is 1. The van der Waals surface area contributed by atoms with Gasteiger partial charge < -0.3 is 4.74 Å². The summed E-state index contributed by atoms with van der Waals surface area (Å²) >= 11 is 0. The number of rotatable bonds is 1. The quantitative estimate of drug-likeness (QED) is 0.632. The monoisotopic (exact) mass is 200 g/mol. The Labute approximate surface area is 90.8 Å². The lowest BCUT2D eigenvalue weighted by atomic mass is 9.87. The summed E-state index contributed by atoms with van der Waals surface area (Å²) in [5.74, 6) is 1.77. The maximum atomic E-state index is 5.74. The second-order valence-corrected chi connectivity index (χ2v) is 4.80. The third-order valence-corrected chi connectivity index (χ3v) is 3.90. The van der Waals surface area contributed by atoms with Crippen molar-refractivity contribution in [2.75, 3.05) is 6.61 Å². The molecule has 78 valence electrons. The third-order valence-electron chi connectivity index (χ3n) is 3.90. The molecule has 3 rings (SSSR count). The molecule has 1 heterocycles. The lowest BCUT2D eigenvalue weighted by molar-refractivity contribution is 0.256. The van der Waals surface area contributed by atoms with Crippen molar-refractivity contribution in [1.29, 1.82) is 0 Å². The molecule has 2 unspecified atom stereocenters. The van der Waals surface area contributed by atoms with Gasteiger partial charge in [0.2, 0.25) is 0 Å². The largest absolute Gasteiger partial charge is 0.493 e. The fourth-order valence-electron chi connectivity index (χ4n) is 2.88. The SMILES string of the molecule is C=CC1CC12CCOc1cc(C)ccc12. The summed E-state index contributed by atoms with van der Waals surface area (Å²) in [5.41, 5.74) is 3.06. The maximum Gasteiger partial charge on any atom is 0.123 e. The van der Waals surface area contributed by atoms with Crippen LogP contribution in [0.3, 0.4) is 0 Å². The van der Waals surface area contributed by atoms with Crippen LogP contribution >= 0.6 is 0 Å². The van der Waals surface area contributed by atoms with Crippen molar-refractivity contribution in [3.05, 3.63) is 42.0 Å². The van der Waals surface area contributed by atoms with E-state index < -0.39 is 0 Å². The number of hydrogen-bond acceptors (Lipinski definition) is 1. The molecule has 1 aromatic rings. The lowest BCUT2D eigenvalue weighted by Gasteiger charge is -2.27. The van der Waals surface area contributed by atoms with Gasteiger partial charge in [0.05, 0.1) is 6.61 Å². The average molecular weight is 200 g/mol. The molecule has 1 heteroatoms. The molecule has 0 bridgehead atoms. The van der Waals surface area contributed by atoms with Gasteiger partial charge in [0.1, 0.15) is 5.75 Å². The predicted octanol–water partition coefficient (Wildman–Crippen LogP) is 3.22. The summed E-state index contributed by atoms with van der Waals surface area (Å²) in [6.45, 7) is 6.90. The normalized spacial score (nSPS) is 31.9. The Kier molecular flexibility index (Phi) is 1.73. The van der Waals surface area contributed by atoms with Crippen LogP contribution < -0.4 is 4.74 Å². The first kappa shape index (κ1) is 9.02. The standard InChI is InChI=1S/C14H16O/c1-3-11-9-14(11)6-7-15-13-8-10(2)4-5-12(13)14/h3-5,8,11H,1,6-7,9H2,2H3. The number of benzene rings is 1. The van der Waals surface area contributed by atoms with E-state index >= 15 is 0 Å². The Balaban J connectivity index is 2.09. The molecule has 1 saturated carbocycles. The van der Waals surface area contributed by atoms with E-state index in [1.807, 2.05) is 0 Å². The highest BCUT2D eigenvalue weighted by atomic mass is 16.5. The van der Waals surface area contributed by atoms with E-state index in [-0.39, 0.29) is 0 Å². The van der Waals surface area contributed by atoms with Crippen molar-refractivity contribution in [1.82, 2.24) is 0 Å². The minimum atomic E-state index is 0.378. The van der Waals surface area contributed by atoms with Crippen molar-refractivity contribution in [3.63, 3.8) is 0 Å². The molecule has 1 aliphatic carbocycles. The number of aryl methyl sites for hydroxylation is 1. The molecule has 1 spiro atoms. The molecular formula is C14H16O. The van der Waals surface area contributed by atoms with Gasteiger partial charge in [-0.15, -0.1) is 6.58 Å². The average Bonchev–Trinajstić information content (AvgIpc) is 2.92. The number of ether oxygens (including phenoxy) is 1. The number of hydrogen-bond donors (Lipinski definition) is 0. The van der Waals surface area contributed by atoms with Crippen LogP contribution in [0.15, 0.2) is 30.9 Å². The Bertz CT molecular complexity index is 421. The van der Waals surface area contributed by atoms with Gasteiger partial charge in [-0.1, -0.05) is 18.2 Å². The second kappa shape index (κ2) is 2.88. The topological polar surface area (TPSA) is 9.23 Å². The molecular weight excluding hydrogens is 184 g/mol. The lowest BCUT2D eigenvalue weighted by Crippen LogP contribution is -2.21. The van der Waals surface area contributed by atoms with E-state index in [4.69, 9.17) is 4.74 Å². The van der Waals surface area contributed by atoms with Gasteiger partial charge in [0, 0.05) is 11.0 Å². The summed E-state index contributed by atoms with van der Waals surface area (Å²) in [5, 5.41) is 0. The smallest absolute Gasteiger partial charge is 0.123 e. The van der Waals surface area contributed by atoms with Gasteiger partial charge in [-0.2, -0.15) is 0 Å². The first-order valence-electron chi connectivity index (χ1n) is 5.63. The summed E-state index contributed by atoms with van der Waals surface area (Å²) < 4.78 is 5.74. The first-order chi connectivity index (χ1) is 7.26. The van der Waals surface area contributed by atoms with E-state index in [0.29, 0.717) is 11.3 Å². The molecule has 0 amide bonds. The fraction of sp³-hybridized carbons (Fsp3) is 0.429. The van der Waals surface area contributed by atoms with Crippen LogP contribution in [0, 0.1) is 12.8 Å². The molecule has 0 aromatic heterocycles. The van der Waals surface area contributed by atoms with E-state index in [1.165, 1.54) is 17.5 Å². The Morgan fingerprint density at radius 1 is 1.53 bits per heavy atom. The van der Waals surface area contributed by atoms with Crippen LogP contribution in [0.5, 0.6) is 5.75 Å². The molecule has 0 N–H and O–H groups in total. The molecule has 1 nitrogen and oxygen atoms in total. The van der Waals surface area contributed by atoms with Gasteiger partial charge in [-0.3, -0.25) is 0 Å². The van der Waals surface area contributed by atoms with Crippen LogP contribution in [-0.4, -0.2) is 6.61 Å². The van der Waals surface area contributed by atoms with Gasteiger partial charge in [-0.05, 0) is 37.3 Å². The summed E-state index contributed by atoms with van der Waals surface area (Å²) in [7, 11) is 0. The van der Waals surface area contributed by atoms with Gasteiger partial charge in [0.15, 0.2) is 0 Å². The zero-order valence-electron chi connectivity index (χ0n) is 9.12. The highest BCUT2D eigenvalue weighted by molar-refractivity contribution is 5.49. The fourth-order valence-corrected chi connectivity index (χ4v) is 2.88. The van der Waals surface area contributed by atoms with Crippen molar-refractivity contribution in [2.45, 2.75) is 25.2 Å². The van der Waals surface area contributed by atoms with Crippen LogP contribution in [0.25, 0.3) is 0 Å². The molecule has 2 aliphatic rings. The van der Waals surface area contributed by atoms with E-state index in [0.717, 1.165) is 18.8 Å². The van der Waals surface area contributed by atoms with Crippen molar-refractivity contribution in [3.8, 4) is 5.75 Å². The summed E-state index contributed by atoms with van der Waals surface area (Å²) in [4.78, 5) is 0. The molecule has 0 radical (unpaired) electrons. The molecule has 1 aromatic carbocycles. The molecule has 2 atom stereocenters. The van der Waals surface area contributed by atoms with Gasteiger partial charge >= 0.3 is 0 Å². The summed E-state index contributed by atoms with van der Waals surface area (Å²) in [6.07, 6.45) is 4.52. The van der Waals surface area contributed by atoms with Crippen LogP contribution in [0.1, 0.15) is 24.0 Å². The maximum absolute atomic E-state index is 5.74. The summed E-state index contributed by atoms with van der Waals surface area (Å²) in [6, 6.07) is 6.59. The molecule has 0 saturated heterocycles. The van der Waals surface area contributed by atoms with Crippen molar-refractivity contribution < 1.29 is 4.74 Å². The van der Waals surface area contributed by atoms with Crippen LogP contribution in [-0.2, 0) is 5.41 Å². The number of fused-ring (bicyclic) bond motifs is 2. The zero-order chi connectivity index (χ0) is 10.5. The van der Waals surface area contributed by atoms with Crippen LogP contribution in [0.2, 0.25) is 0 Å². The Morgan fingerprint density at radius 3 is 3.13 bits per heavy atom. The van der Waals surface area contributed by atoms with Crippen molar-refractivity contribution in [2.24, 2.45) is 5.92 Å². The zero-order valence-corrected chi connectivity index (χ0v) is 9.12. The van der Waals surface area contributed by atoms with Crippen LogP contribution in [0.4, 0.5) is 0 Å². The molecule has 1 fully saturated rings.